The summed E-state index contributed by atoms with van der Waals surface area (Å²) in [5, 5.41) is 0. The topological polar surface area (TPSA) is 52.6 Å². The van der Waals surface area contributed by atoms with Gasteiger partial charge in [0.1, 0.15) is 6.10 Å². The second kappa shape index (κ2) is 10.5. The molecule has 4 heteroatoms. The van der Waals surface area contributed by atoms with Crippen molar-refractivity contribution in [3.63, 3.8) is 0 Å². The second-order valence-electron chi connectivity index (χ2n) is 9.80. The van der Waals surface area contributed by atoms with Crippen molar-refractivity contribution >= 4 is 11.9 Å². The Balaban J connectivity index is 0.000000280. The molecular formula is C24H42O4. The lowest BCUT2D eigenvalue weighted by atomic mass is 9.70. The molecule has 0 aliphatic heterocycles. The molecule has 2 saturated carbocycles. The van der Waals surface area contributed by atoms with E-state index >= 15 is 0 Å². The number of ether oxygens (including phenoxy) is 2. The molecule has 0 aromatic rings. The fraction of sp³-hybridized carbons (Fsp3) is 0.833. The van der Waals surface area contributed by atoms with Crippen LogP contribution in [0.15, 0.2) is 11.6 Å². The molecule has 0 aromatic carbocycles. The van der Waals surface area contributed by atoms with Crippen molar-refractivity contribution < 1.29 is 19.1 Å². The third-order valence-electron chi connectivity index (χ3n) is 7.15. The fourth-order valence-electron chi connectivity index (χ4n) is 4.71. The molecule has 0 amide bonds. The minimum absolute atomic E-state index is 0.125. The van der Waals surface area contributed by atoms with E-state index in [1.807, 2.05) is 0 Å². The Hall–Kier alpha value is -1.32. The minimum Gasteiger partial charge on any atom is -0.466 e. The summed E-state index contributed by atoms with van der Waals surface area (Å²) in [4.78, 5) is 21.5. The number of fused-ring (bicyclic) bond motifs is 2. The van der Waals surface area contributed by atoms with Crippen LogP contribution in [-0.4, -0.2) is 24.6 Å². The highest BCUT2D eigenvalue weighted by Gasteiger charge is 2.62. The number of hydrogen-bond donors (Lipinski definition) is 0. The van der Waals surface area contributed by atoms with Crippen LogP contribution in [0.25, 0.3) is 0 Å². The van der Waals surface area contributed by atoms with Gasteiger partial charge in [0.05, 0.1) is 6.61 Å². The van der Waals surface area contributed by atoms with E-state index in [0.29, 0.717) is 17.9 Å². The molecule has 28 heavy (non-hydrogen) atoms. The Morgan fingerprint density at radius 3 is 2.14 bits per heavy atom. The van der Waals surface area contributed by atoms with E-state index in [9.17, 15) is 9.59 Å². The Kier molecular flexibility index (Phi) is 9.23. The molecule has 0 spiro atoms. The van der Waals surface area contributed by atoms with Crippen LogP contribution in [0.1, 0.15) is 93.9 Å². The molecule has 2 rings (SSSR count). The molecule has 162 valence electrons. The van der Waals surface area contributed by atoms with Gasteiger partial charge >= 0.3 is 11.9 Å². The van der Waals surface area contributed by atoms with Crippen molar-refractivity contribution in [3.8, 4) is 0 Å². The maximum Gasteiger partial charge on any atom is 0.302 e. The van der Waals surface area contributed by atoms with Gasteiger partial charge in [0, 0.05) is 19.3 Å². The van der Waals surface area contributed by atoms with Gasteiger partial charge in [-0.1, -0.05) is 39.3 Å². The first-order chi connectivity index (χ1) is 12.9. The standard InChI is InChI=1S/C12H20O2.C12H22O2/c1-8(13)14-10-7-9-5-6-12(10,4)11(9,2)3;1-10(2)6-5-7-11(3)8-9-14-12(4)13/h9-10H,5-7H2,1-4H3;6,11H,5,7-9H2,1-4H3/t9-,10-,12+;/m0./s1. The summed E-state index contributed by atoms with van der Waals surface area (Å²) in [7, 11) is 0. The molecule has 1 unspecified atom stereocenters. The number of carbonyl (C=O) groups excluding carboxylic acids is 2. The number of esters is 2. The number of allylic oxidation sites excluding steroid dienone is 2. The van der Waals surface area contributed by atoms with E-state index in [2.05, 4.69) is 47.6 Å². The first-order valence-corrected chi connectivity index (χ1v) is 10.8. The van der Waals surface area contributed by atoms with Crippen molar-refractivity contribution in [2.45, 2.75) is 100 Å². The van der Waals surface area contributed by atoms with Crippen molar-refractivity contribution in [2.75, 3.05) is 6.61 Å². The maximum absolute atomic E-state index is 11.0. The summed E-state index contributed by atoms with van der Waals surface area (Å²) in [5.74, 6) is 1.07. The van der Waals surface area contributed by atoms with Crippen LogP contribution in [0, 0.1) is 22.7 Å². The van der Waals surface area contributed by atoms with Gasteiger partial charge in [-0.15, -0.1) is 0 Å². The zero-order chi connectivity index (χ0) is 21.5. The minimum atomic E-state index is -0.179. The Labute approximate surface area is 172 Å². The Morgan fingerprint density at radius 1 is 1.07 bits per heavy atom. The van der Waals surface area contributed by atoms with Gasteiger partial charge < -0.3 is 9.47 Å². The van der Waals surface area contributed by atoms with Crippen LogP contribution in [0.2, 0.25) is 0 Å². The van der Waals surface area contributed by atoms with Crippen molar-refractivity contribution in [3.05, 3.63) is 11.6 Å². The first kappa shape index (κ1) is 24.7. The summed E-state index contributed by atoms with van der Waals surface area (Å²) in [6, 6.07) is 0. The van der Waals surface area contributed by atoms with E-state index in [1.54, 1.807) is 0 Å². The highest BCUT2D eigenvalue weighted by Crippen LogP contribution is 2.66. The van der Waals surface area contributed by atoms with E-state index in [-0.39, 0.29) is 23.5 Å². The molecule has 2 aliphatic rings. The molecule has 0 radical (unpaired) electrons. The van der Waals surface area contributed by atoms with Crippen molar-refractivity contribution in [1.29, 1.82) is 0 Å². The summed E-state index contributed by atoms with van der Waals surface area (Å²) in [5.41, 5.74) is 1.92. The lowest BCUT2D eigenvalue weighted by molar-refractivity contribution is -0.154. The highest BCUT2D eigenvalue weighted by atomic mass is 16.5. The van der Waals surface area contributed by atoms with Crippen LogP contribution in [0.5, 0.6) is 0 Å². The summed E-state index contributed by atoms with van der Waals surface area (Å²) in [6.45, 7) is 16.9. The van der Waals surface area contributed by atoms with E-state index in [4.69, 9.17) is 9.47 Å². The van der Waals surface area contributed by atoms with Crippen molar-refractivity contribution in [1.82, 2.24) is 0 Å². The van der Waals surface area contributed by atoms with Crippen LogP contribution < -0.4 is 0 Å². The predicted octanol–water partition coefficient (Wildman–Crippen LogP) is 6.09. The summed E-state index contributed by atoms with van der Waals surface area (Å²) >= 11 is 0. The zero-order valence-electron chi connectivity index (χ0n) is 19.4. The molecule has 0 heterocycles. The summed E-state index contributed by atoms with van der Waals surface area (Å²) < 4.78 is 10.3. The molecule has 2 bridgehead atoms. The van der Waals surface area contributed by atoms with Gasteiger partial charge in [-0.05, 0) is 69.6 Å². The lowest BCUT2D eigenvalue weighted by Gasteiger charge is -2.38. The van der Waals surface area contributed by atoms with Gasteiger partial charge in [0.2, 0.25) is 0 Å². The molecule has 0 N–H and O–H groups in total. The largest absolute Gasteiger partial charge is 0.466 e. The van der Waals surface area contributed by atoms with Crippen LogP contribution in [0.4, 0.5) is 0 Å². The summed E-state index contributed by atoms with van der Waals surface area (Å²) in [6.07, 6.45) is 9.27. The SMILES string of the molecule is CC(=O)OCCC(C)CCC=C(C)C.CC(=O)O[C@H]1C[C@@H]2CC[C@@]1(C)C2(C)C. The van der Waals surface area contributed by atoms with E-state index in [0.717, 1.165) is 25.2 Å². The molecule has 4 nitrogen and oxygen atoms in total. The number of hydrogen-bond acceptors (Lipinski definition) is 4. The van der Waals surface area contributed by atoms with Gasteiger partial charge in [0.15, 0.2) is 0 Å². The average Bonchev–Trinajstić information content (AvgIpc) is 2.87. The Bertz CT molecular complexity index is 559. The fourth-order valence-corrected chi connectivity index (χ4v) is 4.71. The van der Waals surface area contributed by atoms with Gasteiger partial charge in [-0.3, -0.25) is 9.59 Å². The molecule has 2 aliphatic carbocycles. The number of carbonyl (C=O) groups is 2. The van der Waals surface area contributed by atoms with Gasteiger partial charge in [-0.2, -0.15) is 0 Å². The molecular weight excluding hydrogens is 352 g/mol. The van der Waals surface area contributed by atoms with Crippen LogP contribution in [-0.2, 0) is 19.1 Å². The lowest BCUT2D eigenvalue weighted by Crippen LogP contribution is -2.37. The van der Waals surface area contributed by atoms with Crippen LogP contribution in [0.3, 0.4) is 0 Å². The van der Waals surface area contributed by atoms with Crippen molar-refractivity contribution in [2.24, 2.45) is 22.7 Å². The molecule has 0 aromatic heterocycles. The quantitative estimate of drug-likeness (QED) is 0.387. The van der Waals surface area contributed by atoms with E-state index in [1.165, 1.54) is 38.7 Å². The Morgan fingerprint density at radius 2 is 1.71 bits per heavy atom. The second-order valence-corrected chi connectivity index (χ2v) is 9.80. The molecule has 2 fully saturated rings. The monoisotopic (exact) mass is 394 g/mol. The third kappa shape index (κ3) is 6.63. The van der Waals surface area contributed by atoms with Gasteiger partial charge in [-0.25, -0.2) is 0 Å². The predicted molar refractivity (Wildman–Crippen MR) is 114 cm³/mol. The average molecular weight is 395 g/mol. The molecule has 4 atom stereocenters. The van der Waals surface area contributed by atoms with Gasteiger partial charge in [0.25, 0.3) is 0 Å². The first-order valence-electron chi connectivity index (χ1n) is 10.8. The zero-order valence-corrected chi connectivity index (χ0v) is 19.4. The number of rotatable bonds is 7. The maximum atomic E-state index is 11.0. The van der Waals surface area contributed by atoms with E-state index < -0.39 is 0 Å². The highest BCUT2D eigenvalue weighted by molar-refractivity contribution is 5.66. The molecule has 0 saturated heterocycles. The van der Waals surface area contributed by atoms with Crippen LogP contribution >= 0.6 is 0 Å². The third-order valence-corrected chi connectivity index (χ3v) is 7.15. The normalized spacial score (nSPS) is 28.0. The smallest absolute Gasteiger partial charge is 0.302 e.